The molecule has 0 aliphatic carbocycles. The fraction of sp³-hybridized carbons (Fsp3) is 0.792. The van der Waals surface area contributed by atoms with Gasteiger partial charge in [0, 0.05) is 12.5 Å². The Morgan fingerprint density at radius 2 is 1.70 bits per heavy atom. The molecule has 0 spiro atoms. The van der Waals surface area contributed by atoms with Crippen LogP contribution in [0.3, 0.4) is 0 Å². The Bertz CT molecular complexity index is 807. The van der Waals surface area contributed by atoms with E-state index in [0.29, 0.717) is 24.2 Å². The quantitative estimate of drug-likeness (QED) is 0.300. The largest absolute Gasteiger partial charge is 0.546 e. The molecule has 1 saturated heterocycles. The predicted molar refractivity (Wildman–Crippen MR) is 127 cm³/mol. The van der Waals surface area contributed by atoms with Crippen molar-refractivity contribution in [3.05, 3.63) is 11.3 Å². The maximum Gasteiger partial charge on any atom is 0.411 e. The van der Waals surface area contributed by atoms with Crippen molar-refractivity contribution in [1.29, 1.82) is 0 Å². The Labute approximate surface area is 199 Å². The number of amides is 1. The van der Waals surface area contributed by atoms with E-state index in [2.05, 4.69) is 33.9 Å². The zero-order valence-electron chi connectivity index (χ0n) is 21.9. The van der Waals surface area contributed by atoms with Gasteiger partial charge < -0.3 is 18.6 Å². The van der Waals surface area contributed by atoms with Gasteiger partial charge in [0.1, 0.15) is 5.60 Å². The first-order valence-electron chi connectivity index (χ1n) is 11.8. The van der Waals surface area contributed by atoms with Gasteiger partial charge in [0.15, 0.2) is 6.10 Å². The van der Waals surface area contributed by atoms with Crippen LogP contribution in [0.1, 0.15) is 74.7 Å². The summed E-state index contributed by atoms with van der Waals surface area (Å²) in [6.07, 6.45) is 0.240. The number of hydrogen-bond donors (Lipinski definition) is 0. The predicted octanol–water partition coefficient (Wildman–Crippen LogP) is 4.93. The minimum Gasteiger partial charge on any atom is -0.546 e. The number of carbonyl (C=O) groups is 3. The lowest BCUT2D eigenvalue weighted by Gasteiger charge is -2.42. The minimum atomic E-state index is -2.27. The number of fused-ring (bicyclic) bond motifs is 2. The van der Waals surface area contributed by atoms with Crippen molar-refractivity contribution >= 4 is 26.3 Å². The van der Waals surface area contributed by atoms with Crippen LogP contribution in [-0.2, 0) is 28.2 Å². The van der Waals surface area contributed by atoms with Crippen molar-refractivity contribution in [2.75, 3.05) is 6.61 Å². The van der Waals surface area contributed by atoms with Crippen LogP contribution in [0.15, 0.2) is 11.3 Å². The van der Waals surface area contributed by atoms with E-state index in [1.165, 1.54) is 6.92 Å². The average Bonchev–Trinajstić information content (AvgIpc) is 2.94. The first-order valence-corrected chi connectivity index (χ1v) is 14.7. The molecular formula is C24H41NO7Si. The van der Waals surface area contributed by atoms with Crippen LogP contribution in [0.5, 0.6) is 0 Å². The summed E-state index contributed by atoms with van der Waals surface area (Å²) in [7, 11) is -2.27. The standard InChI is InChI=1S/C24H41NO7Si/c1-11-29-20(26)15(2)30-21(27)19-17-13-12-16(25(17)22(28)31-23(3,4)5)14-18(19)32-33(9,10)24(6,7)8/h15-17H,11-14H2,1-10H3/t15-,16-,17+/m0/s1. The van der Waals surface area contributed by atoms with Crippen LogP contribution in [0.25, 0.3) is 0 Å². The van der Waals surface area contributed by atoms with Gasteiger partial charge in [0.2, 0.25) is 8.32 Å². The second-order valence-electron chi connectivity index (χ2n) is 11.3. The van der Waals surface area contributed by atoms with Gasteiger partial charge in [-0.25, -0.2) is 14.4 Å². The van der Waals surface area contributed by atoms with Gasteiger partial charge in [-0.15, -0.1) is 0 Å². The van der Waals surface area contributed by atoms with Crippen LogP contribution in [0.4, 0.5) is 4.79 Å². The van der Waals surface area contributed by atoms with E-state index < -0.39 is 44.1 Å². The van der Waals surface area contributed by atoms with Crippen LogP contribution in [0, 0.1) is 0 Å². The van der Waals surface area contributed by atoms with Gasteiger partial charge in [-0.3, -0.25) is 4.90 Å². The second-order valence-corrected chi connectivity index (χ2v) is 16.1. The highest BCUT2D eigenvalue weighted by Gasteiger charge is 2.51. The average molecular weight is 484 g/mol. The molecule has 8 nitrogen and oxygen atoms in total. The lowest BCUT2D eigenvalue weighted by atomic mass is 10.00. The number of esters is 2. The maximum absolute atomic E-state index is 13.4. The Morgan fingerprint density at radius 3 is 2.21 bits per heavy atom. The SMILES string of the molecule is CCOC(=O)[C@H](C)OC(=O)C1=C(O[Si](C)(C)C(C)(C)C)C[C@@H]2CC[C@H]1N2C(=O)OC(C)(C)C. The molecule has 0 unspecified atom stereocenters. The van der Waals surface area contributed by atoms with E-state index in [0.717, 1.165) is 6.42 Å². The third-order valence-corrected chi connectivity index (χ3v) is 10.8. The Kier molecular flexibility index (Phi) is 7.98. The van der Waals surface area contributed by atoms with E-state index in [1.807, 2.05) is 20.8 Å². The van der Waals surface area contributed by atoms with Crippen LogP contribution in [-0.4, -0.2) is 61.6 Å². The molecule has 9 heteroatoms. The fourth-order valence-corrected chi connectivity index (χ4v) is 4.92. The highest BCUT2D eigenvalue weighted by Crippen LogP contribution is 2.45. The van der Waals surface area contributed by atoms with E-state index in [-0.39, 0.29) is 17.7 Å². The molecule has 1 amide bonds. The zero-order chi connectivity index (χ0) is 25.4. The molecule has 2 bridgehead atoms. The molecule has 33 heavy (non-hydrogen) atoms. The van der Waals surface area contributed by atoms with Gasteiger partial charge in [-0.05, 0) is 65.6 Å². The van der Waals surface area contributed by atoms with Crippen molar-refractivity contribution in [3.8, 4) is 0 Å². The maximum atomic E-state index is 13.4. The van der Waals surface area contributed by atoms with Crippen molar-refractivity contribution in [1.82, 2.24) is 4.90 Å². The number of hydrogen-bond acceptors (Lipinski definition) is 7. The molecule has 0 radical (unpaired) electrons. The molecule has 2 heterocycles. The summed E-state index contributed by atoms with van der Waals surface area (Å²) in [4.78, 5) is 40.1. The highest BCUT2D eigenvalue weighted by atomic mass is 28.4. The van der Waals surface area contributed by atoms with E-state index in [9.17, 15) is 14.4 Å². The molecular weight excluding hydrogens is 442 g/mol. The topological polar surface area (TPSA) is 91.4 Å². The third-order valence-electron chi connectivity index (χ3n) is 6.47. The normalized spacial score (nSPS) is 22.1. The molecule has 2 rings (SSSR count). The van der Waals surface area contributed by atoms with Gasteiger partial charge in [-0.1, -0.05) is 20.8 Å². The molecule has 1 fully saturated rings. The molecule has 2 aliphatic heterocycles. The lowest BCUT2D eigenvalue weighted by molar-refractivity contribution is -0.164. The summed E-state index contributed by atoms with van der Waals surface area (Å²) < 4.78 is 22.7. The van der Waals surface area contributed by atoms with E-state index in [4.69, 9.17) is 18.6 Å². The number of carbonyl (C=O) groups excluding carboxylic acids is 3. The fourth-order valence-electron chi connectivity index (χ4n) is 3.81. The highest BCUT2D eigenvalue weighted by molar-refractivity contribution is 6.74. The Morgan fingerprint density at radius 1 is 1.09 bits per heavy atom. The summed E-state index contributed by atoms with van der Waals surface area (Å²) in [5, 5.41) is -0.0748. The summed E-state index contributed by atoms with van der Waals surface area (Å²) in [6.45, 7) is 19.4. The molecule has 0 N–H and O–H groups in total. The number of ether oxygens (including phenoxy) is 3. The Balaban J connectivity index is 2.44. The van der Waals surface area contributed by atoms with Crippen molar-refractivity contribution in [2.45, 2.75) is 117 Å². The van der Waals surface area contributed by atoms with Crippen molar-refractivity contribution in [3.63, 3.8) is 0 Å². The van der Waals surface area contributed by atoms with Crippen molar-refractivity contribution < 1.29 is 33.0 Å². The summed E-state index contributed by atoms with van der Waals surface area (Å²) in [5.41, 5.74) is -0.340. The van der Waals surface area contributed by atoms with E-state index >= 15 is 0 Å². The minimum absolute atomic E-state index is 0.0748. The number of nitrogens with zero attached hydrogens (tertiary/aromatic N) is 1. The Hall–Kier alpha value is -2.03. The zero-order valence-corrected chi connectivity index (χ0v) is 22.9. The summed E-state index contributed by atoms with van der Waals surface area (Å²) >= 11 is 0. The third kappa shape index (κ3) is 6.31. The molecule has 3 atom stereocenters. The van der Waals surface area contributed by atoms with Gasteiger partial charge >= 0.3 is 18.0 Å². The molecule has 0 aromatic carbocycles. The lowest BCUT2D eigenvalue weighted by Crippen LogP contribution is -2.51. The summed E-state index contributed by atoms with van der Waals surface area (Å²) in [5.74, 6) is -0.680. The molecule has 2 aliphatic rings. The van der Waals surface area contributed by atoms with Crippen LogP contribution < -0.4 is 0 Å². The van der Waals surface area contributed by atoms with Crippen LogP contribution in [0.2, 0.25) is 18.1 Å². The second kappa shape index (κ2) is 9.68. The van der Waals surface area contributed by atoms with E-state index in [1.54, 1.807) is 11.8 Å². The summed E-state index contributed by atoms with van der Waals surface area (Å²) in [6, 6.07) is -0.621. The molecule has 0 aromatic rings. The van der Waals surface area contributed by atoms with Gasteiger partial charge in [0.25, 0.3) is 0 Å². The number of rotatable bonds is 6. The monoisotopic (exact) mass is 483 g/mol. The first-order chi connectivity index (χ1) is 15.0. The molecule has 0 aromatic heterocycles. The molecule has 188 valence electrons. The van der Waals surface area contributed by atoms with Crippen molar-refractivity contribution in [2.24, 2.45) is 0 Å². The van der Waals surface area contributed by atoms with Crippen LogP contribution >= 0.6 is 0 Å². The first kappa shape index (κ1) is 27.2. The van der Waals surface area contributed by atoms with Gasteiger partial charge in [-0.2, -0.15) is 0 Å². The van der Waals surface area contributed by atoms with Gasteiger partial charge in [0.05, 0.1) is 24.0 Å². The molecule has 0 saturated carbocycles. The smallest absolute Gasteiger partial charge is 0.411 e.